The minimum absolute atomic E-state index is 0.0197. The first-order chi connectivity index (χ1) is 11.0. The first kappa shape index (κ1) is 22.1. The van der Waals surface area contributed by atoms with Crippen molar-refractivity contribution in [1.82, 2.24) is 4.90 Å². The van der Waals surface area contributed by atoms with E-state index in [9.17, 15) is 22.8 Å². The molecule has 0 spiro atoms. The van der Waals surface area contributed by atoms with Crippen molar-refractivity contribution in [3.8, 4) is 0 Å². The number of likely N-dealkylation sites (tertiary alicyclic amines) is 1. The molecule has 24 heavy (non-hydrogen) atoms. The first-order valence-electron chi connectivity index (χ1n) is 7.02. The van der Waals surface area contributed by atoms with E-state index in [0.29, 0.717) is 13.1 Å². The van der Waals surface area contributed by atoms with E-state index in [1.165, 1.54) is 7.11 Å². The Bertz CT molecular complexity index is 434. The van der Waals surface area contributed by atoms with Crippen LogP contribution >= 0.6 is 0 Å². The fourth-order valence-electron chi connectivity index (χ4n) is 1.78. The van der Waals surface area contributed by atoms with Gasteiger partial charge in [0.25, 0.3) is 0 Å². The Hall–Kier alpha value is -1.88. The highest BCUT2D eigenvalue weighted by molar-refractivity contribution is 5.81. The average Bonchev–Trinajstić information content (AvgIpc) is 2.51. The number of carbonyl (C=O) groups is 3. The van der Waals surface area contributed by atoms with Crippen LogP contribution in [-0.2, 0) is 23.9 Å². The number of halogens is 3. The Morgan fingerprint density at radius 2 is 1.75 bits per heavy atom. The van der Waals surface area contributed by atoms with E-state index in [1.54, 1.807) is 11.8 Å². The lowest BCUT2D eigenvalue weighted by Gasteiger charge is -2.32. The molecule has 1 heterocycles. The van der Waals surface area contributed by atoms with E-state index in [4.69, 9.17) is 20.4 Å². The smallest absolute Gasteiger partial charge is 0.475 e. The molecule has 0 saturated carbocycles. The highest BCUT2D eigenvalue weighted by Crippen LogP contribution is 2.14. The van der Waals surface area contributed by atoms with Gasteiger partial charge in [0.15, 0.2) is 0 Å². The van der Waals surface area contributed by atoms with Crippen LogP contribution in [0.5, 0.6) is 0 Å². The van der Waals surface area contributed by atoms with Crippen molar-refractivity contribution in [2.45, 2.75) is 38.1 Å². The molecule has 0 aromatic heterocycles. The number of alkyl halides is 3. The van der Waals surface area contributed by atoms with Gasteiger partial charge in [-0.15, -0.1) is 0 Å². The van der Waals surface area contributed by atoms with Crippen LogP contribution in [0, 0.1) is 0 Å². The number of rotatable bonds is 4. The number of nitrogens with two attached hydrogens (primary N) is 1. The molecule has 0 aliphatic carbocycles. The van der Waals surface area contributed by atoms with E-state index < -0.39 is 18.2 Å². The summed E-state index contributed by atoms with van der Waals surface area (Å²) in [6.45, 7) is 2.92. The van der Waals surface area contributed by atoms with Crippen molar-refractivity contribution in [2.75, 3.05) is 26.8 Å². The summed E-state index contributed by atoms with van der Waals surface area (Å²) in [7, 11) is 1.33. The Labute approximate surface area is 136 Å². The quantitative estimate of drug-likeness (QED) is 0.687. The summed E-state index contributed by atoms with van der Waals surface area (Å²) in [5.74, 6) is -3.16. The van der Waals surface area contributed by atoms with Crippen LogP contribution in [-0.4, -0.2) is 73.0 Å². The molecule has 0 aromatic carbocycles. The van der Waals surface area contributed by atoms with Crippen LogP contribution in [0.15, 0.2) is 0 Å². The third-order valence-corrected chi connectivity index (χ3v) is 3.05. The van der Waals surface area contributed by atoms with E-state index >= 15 is 0 Å². The van der Waals surface area contributed by atoms with Gasteiger partial charge in [-0.05, 0) is 19.8 Å². The van der Waals surface area contributed by atoms with E-state index in [0.717, 1.165) is 12.8 Å². The molecule has 8 nitrogen and oxygen atoms in total. The molecular weight excluding hydrogens is 337 g/mol. The summed E-state index contributed by atoms with van der Waals surface area (Å²) >= 11 is 0. The van der Waals surface area contributed by atoms with Gasteiger partial charge in [0, 0.05) is 13.1 Å². The predicted octanol–water partition coefficient (Wildman–Crippen LogP) is 0.147. The number of nitrogens with zero attached hydrogens (tertiary/aromatic N) is 1. The molecule has 1 saturated heterocycles. The van der Waals surface area contributed by atoms with Crippen molar-refractivity contribution in [2.24, 2.45) is 5.73 Å². The number of carbonyl (C=O) groups excluding carboxylic acids is 2. The lowest BCUT2D eigenvalue weighted by Crippen LogP contribution is -2.47. The zero-order valence-corrected chi connectivity index (χ0v) is 13.3. The summed E-state index contributed by atoms with van der Waals surface area (Å²) in [5, 5.41) is 7.12. The number of carboxylic acid groups (broad SMARTS) is 1. The fraction of sp³-hybridized carbons (Fsp3) is 0.769. The highest BCUT2D eigenvalue weighted by atomic mass is 19.4. The van der Waals surface area contributed by atoms with Crippen molar-refractivity contribution in [3.05, 3.63) is 0 Å². The summed E-state index contributed by atoms with van der Waals surface area (Å²) in [5.41, 5.74) is 5.53. The molecule has 1 amide bonds. The minimum atomic E-state index is -5.08. The third-order valence-electron chi connectivity index (χ3n) is 3.05. The van der Waals surface area contributed by atoms with Gasteiger partial charge in [-0.1, -0.05) is 0 Å². The Morgan fingerprint density at radius 1 is 1.29 bits per heavy atom. The van der Waals surface area contributed by atoms with E-state index in [1.807, 2.05) is 0 Å². The third kappa shape index (κ3) is 8.67. The molecule has 1 atom stereocenters. The van der Waals surface area contributed by atoms with Gasteiger partial charge < -0.3 is 25.2 Å². The topological polar surface area (TPSA) is 119 Å². The number of hydrogen-bond donors (Lipinski definition) is 2. The van der Waals surface area contributed by atoms with Gasteiger partial charge >= 0.3 is 18.1 Å². The van der Waals surface area contributed by atoms with Gasteiger partial charge in [0.05, 0.1) is 19.3 Å². The molecule has 0 bridgehead atoms. The van der Waals surface area contributed by atoms with Gasteiger partial charge in [0.2, 0.25) is 5.91 Å². The number of aliphatic carboxylic acids is 1. The van der Waals surface area contributed by atoms with E-state index in [-0.39, 0.29) is 24.6 Å². The highest BCUT2D eigenvalue weighted by Gasteiger charge is 2.38. The summed E-state index contributed by atoms with van der Waals surface area (Å²) < 4.78 is 41.6. The molecule has 0 unspecified atom stereocenters. The van der Waals surface area contributed by atoms with Gasteiger partial charge in [0.1, 0.15) is 6.61 Å². The predicted molar refractivity (Wildman–Crippen MR) is 74.9 cm³/mol. The zero-order chi connectivity index (χ0) is 18.9. The molecule has 1 fully saturated rings. The number of methoxy groups -OCH3 is 1. The average molecular weight is 358 g/mol. The van der Waals surface area contributed by atoms with Crippen LogP contribution in [0.3, 0.4) is 0 Å². The number of amides is 1. The lowest BCUT2D eigenvalue weighted by molar-refractivity contribution is -0.192. The Kier molecular flexibility index (Phi) is 9.29. The normalized spacial score (nSPS) is 16.7. The summed E-state index contributed by atoms with van der Waals surface area (Å²) in [6, 6.07) is -0.456. The zero-order valence-electron chi connectivity index (χ0n) is 13.3. The number of hydrogen-bond acceptors (Lipinski definition) is 6. The molecule has 1 aliphatic rings. The van der Waals surface area contributed by atoms with Gasteiger partial charge in [-0.25, -0.2) is 9.59 Å². The van der Waals surface area contributed by atoms with Crippen LogP contribution in [0.25, 0.3) is 0 Å². The van der Waals surface area contributed by atoms with Crippen LogP contribution < -0.4 is 5.73 Å². The monoisotopic (exact) mass is 358 g/mol. The summed E-state index contributed by atoms with van der Waals surface area (Å²) in [4.78, 5) is 33.1. The minimum Gasteiger partial charge on any atom is -0.475 e. The second-order valence-electron chi connectivity index (χ2n) is 5.00. The molecule has 11 heteroatoms. The summed E-state index contributed by atoms with van der Waals surface area (Å²) in [6.07, 6.45) is -3.60. The number of carboxylic acids is 1. The number of ether oxygens (including phenoxy) is 2. The largest absolute Gasteiger partial charge is 0.490 e. The maximum atomic E-state index is 11.6. The van der Waals surface area contributed by atoms with Crippen molar-refractivity contribution in [3.63, 3.8) is 0 Å². The van der Waals surface area contributed by atoms with Crippen LogP contribution in [0.4, 0.5) is 13.2 Å². The van der Waals surface area contributed by atoms with Crippen molar-refractivity contribution < 1.29 is 42.1 Å². The molecule has 0 aromatic rings. The number of esters is 1. The second-order valence-corrected chi connectivity index (χ2v) is 5.00. The lowest BCUT2D eigenvalue weighted by atomic mass is 10.1. The van der Waals surface area contributed by atoms with Gasteiger partial charge in [-0.2, -0.15) is 13.2 Å². The maximum Gasteiger partial charge on any atom is 0.490 e. The van der Waals surface area contributed by atoms with Crippen molar-refractivity contribution >= 4 is 17.8 Å². The molecular formula is C13H21F3N2O6. The van der Waals surface area contributed by atoms with E-state index in [2.05, 4.69) is 4.74 Å². The first-order valence-corrected chi connectivity index (χ1v) is 7.02. The standard InChI is InChI=1S/C11H20N2O4.C2HF3O2/c1-8(12)11(15)13-5-3-9(4-6-13)17-7-10(14)16-2;3-2(4,5)1(6)7/h8-9H,3-7,12H2,1-2H3;(H,6,7)/t8-;/m0./s1. The number of piperidine rings is 1. The molecule has 3 N–H and O–H groups in total. The van der Waals surface area contributed by atoms with Crippen LogP contribution in [0.1, 0.15) is 19.8 Å². The Balaban J connectivity index is 0.000000640. The molecule has 140 valence electrons. The molecule has 1 aliphatic heterocycles. The Morgan fingerprint density at radius 3 is 2.08 bits per heavy atom. The SMILES string of the molecule is COC(=O)COC1CCN(C(=O)[C@H](C)N)CC1.O=C(O)C(F)(F)F. The molecule has 1 rings (SSSR count). The molecule has 0 radical (unpaired) electrons. The van der Waals surface area contributed by atoms with Crippen molar-refractivity contribution in [1.29, 1.82) is 0 Å². The fourth-order valence-corrected chi connectivity index (χ4v) is 1.78. The van der Waals surface area contributed by atoms with Crippen LogP contribution in [0.2, 0.25) is 0 Å². The second kappa shape index (κ2) is 10.1. The van der Waals surface area contributed by atoms with Gasteiger partial charge in [-0.3, -0.25) is 4.79 Å². The maximum absolute atomic E-state index is 11.6.